The Hall–Kier alpha value is -3.11. The molecule has 0 bridgehead atoms. The number of rotatable bonds is 9. The molecule has 35 heavy (non-hydrogen) atoms. The Morgan fingerprint density at radius 2 is 1.89 bits per heavy atom. The van der Waals surface area contributed by atoms with Gasteiger partial charge in [0.1, 0.15) is 0 Å². The third-order valence-electron chi connectivity index (χ3n) is 6.11. The quantitative estimate of drug-likeness (QED) is 0.430. The summed E-state index contributed by atoms with van der Waals surface area (Å²) in [5.41, 5.74) is 1.73. The molecule has 1 aliphatic rings. The number of benzene rings is 2. The summed E-state index contributed by atoms with van der Waals surface area (Å²) in [5, 5.41) is 7.15. The first-order valence-electron chi connectivity index (χ1n) is 11.4. The lowest BCUT2D eigenvalue weighted by atomic mass is 9.96. The van der Waals surface area contributed by atoms with Crippen LogP contribution in [0.1, 0.15) is 24.3 Å². The molecule has 0 saturated carbocycles. The summed E-state index contributed by atoms with van der Waals surface area (Å²) in [5.74, 6) is 2.79. The SMILES string of the molecule is COc1ccc(CNC(=O)C2CCN(Cc3nc(-c4cccc(Br)c4)no3)CC2)c(OC)c1OC. The van der Waals surface area contributed by atoms with E-state index in [4.69, 9.17) is 18.7 Å². The van der Waals surface area contributed by atoms with E-state index in [1.54, 1.807) is 27.4 Å². The molecule has 0 unspecified atom stereocenters. The van der Waals surface area contributed by atoms with Gasteiger partial charge in [-0.3, -0.25) is 9.69 Å². The zero-order chi connectivity index (χ0) is 24.8. The summed E-state index contributed by atoms with van der Waals surface area (Å²) in [6.45, 7) is 2.49. The van der Waals surface area contributed by atoms with E-state index in [9.17, 15) is 4.79 Å². The third kappa shape index (κ3) is 5.94. The van der Waals surface area contributed by atoms with Crippen LogP contribution in [0.3, 0.4) is 0 Å². The lowest BCUT2D eigenvalue weighted by Crippen LogP contribution is -2.40. The Morgan fingerprint density at radius 1 is 1.11 bits per heavy atom. The van der Waals surface area contributed by atoms with Gasteiger partial charge in [0.25, 0.3) is 0 Å². The number of carbonyl (C=O) groups is 1. The van der Waals surface area contributed by atoms with Crippen LogP contribution in [0.4, 0.5) is 0 Å². The second-order valence-electron chi connectivity index (χ2n) is 8.28. The van der Waals surface area contributed by atoms with Gasteiger partial charge in [-0.1, -0.05) is 33.2 Å². The minimum atomic E-state index is -0.0442. The molecule has 2 aromatic carbocycles. The van der Waals surface area contributed by atoms with Gasteiger partial charge >= 0.3 is 0 Å². The van der Waals surface area contributed by atoms with Crippen molar-refractivity contribution in [3.63, 3.8) is 0 Å². The first kappa shape index (κ1) is 25.0. The maximum Gasteiger partial charge on any atom is 0.241 e. The highest BCUT2D eigenvalue weighted by molar-refractivity contribution is 9.10. The fraction of sp³-hybridized carbons (Fsp3) is 0.400. The molecule has 10 heteroatoms. The van der Waals surface area contributed by atoms with Crippen LogP contribution in [0.2, 0.25) is 0 Å². The zero-order valence-electron chi connectivity index (χ0n) is 20.0. The molecule has 3 aromatic rings. The van der Waals surface area contributed by atoms with Gasteiger partial charge in [0, 0.05) is 28.1 Å². The topological polar surface area (TPSA) is 99.0 Å². The van der Waals surface area contributed by atoms with Gasteiger partial charge in [-0.05, 0) is 50.2 Å². The highest BCUT2D eigenvalue weighted by Crippen LogP contribution is 2.39. The number of amides is 1. The Labute approximate surface area is 212 Å². The number of aromatic nitrogens is 2. The standard InChI is InChI=1S/C25H29BrN4O5/c1-32-20-8-7-18(22(33-2)23(20)34-3)14-27-25(31)16-9-11-30(12-10-16)15-21-28-24(29-35-21)17-5-4-6-19(26)13-17/h4-8,13,16H,9-12,14-15H2,1-3H3,(H,27,31). The lowest BCUT2D eigenvalue weighted by molar-refractivity contribution is -0.126. The minimum Gasteiger partial charge on any atom is -0.493 e. The summed E-state index contributed by atoms with van der Waals surface area (Å²) in [7, 11) is 4.71. The average Bonchev–Trinajstić information content (AvgIpc) is 3.35. The number of methoxy groups -OCH3 is 3. The molecule has 0 aliphatic carbocycles. The number of hydrogen-bond donors (Lipinski definition) is 1. The van der Waals surface area contributed by atoms with Crippen molar-refractivity contribution in [1.29, 1.82) is 0 Å². The maximum atomic E-state index is 12.8. The molecule has 1 aromatic heterocycles. The second kappa shape index (κ2) is 11.5. The van der Waals surface area contributed by atoms with Crippen LogP contribution >= 0.6 is 15.9 Å². The smallest absolute Gasteiger partial charge is 0.241 e. The largest absolute Gasteiger partial charge is 0.493 e. The molecule has 4 rings (SSSR count). The fourth-order valence-corrected chi connectivity index (χ4v) is 4.64. The summed E-state index contributed by atoms with van der Waals surface area (Å²) in [4.78, 5) is 19.6. The van der Waals surface area contributed by atoms with E-state index in [-0.39, 0.29) is 11.8 Å². The highest BCUT2D eigenvalue weighted by atomic mass is 79.9. The number of likely N-dealkylation sites (tertiary alicyclic amines) is 1. The zero-order valence-corrected chi connectivity index (χ0v) is 21.6. The van der Waals surface area contributed by atoms with Crippen molar-refractivity contribution in [2.45, 2.75) is 25.9 Å². The number of nitrogens with zero attached hydrogens (tertiary/aromatic N) is 3. The molecule has 0 radical (unpaired) electrons. The predicted octanol–water partition coefficient (Wildman–Crippen LogP) is 4.05. The number of ether oxygens (including phenoxy) is 3. The van der Waals surface area contributed by atoms with Crippen LogP contribution in [-0.2, 0) is 17.9 Å². The van der Waals surface area contributed by atoms with Crippen LogP contribution < -0.4 is 19.5 Å². The summed E-state index contributed by atoms with van der Waals surface area (Å²) in [6, 6.07) is 11.5. The number of carbonyl (C=O) groups excluding carboxylic acids is 1. The molecule has 1 saturated heterocycles. The van der Waals surface area contributed by atoms with Crippen LogP contribution in [0.15, 0.2) is 45.4 Å². The summed E-state index contributed by atoms with van der Waals surface area (Å²) in [6.07, 6.45) is 1.53. The summed E-state index contributed by atoms with van der Waals surface area (Å²) < 4.78 is 22.7. The molecule has 2 heterocycles. The molecular weight excluding hydrogens is 516 g/mol. The second-order valence-corrected chi connectivity index (χ2v) is 9.20. The van der Waals surface area contributed by atoms with Gasteiger partial charge in [0.2, 0.25) is 23.4 Å². The Morgan fingerprint density at radius 3 is 2.57 bits per heavy atom. The monoisotopic (exact) mass is 544 g/mol. The van der Waals surface area contributed by atoms with Gasteiger partial charge in [-0.15, -0.1) is 0 Å². The van der Waals surface area contributed by atoms with E-state index >= 15 is 0 Å². The maximum absolute atomic E-state index is 12.8. The van der Waals surface area contributed by atoms with E-state index in [1.165, 1.54) is 0 Å². The van der Waals surface area contributed by atoms with Crippen LogP contribution in [0.25, 0.3) is 11.4 Å². The number of halogens is 1. The van der Waals surface area contributed by atoms with E-state index in [0.29, 0.717) is 42.1 Å². The van der Waals surface area contributed by atoms with Crippen molar-refractivity contribution >= 4 is 21.8 Å². The lowest BCUT2D eigenvalue weighted by Gasteiger charge is -2.30. The first-order chi connectivity index (χ1) is 17.0. The van der Waals surface area contributed by atoms with Crippen LogP contribution in [0.5, 0.6) is 17.2 Å². The van der Waals surface area contributed by atoms with Crippen molar-refractivity contribution in [2.24, 2.45) is 5.92 Å². The average molecular weight is 545 g/mol. The third-order valence-corrected chi connectivity index (χ3v) is 6.60. The predicted molar refractivity (Wildman–Crippen MR) is 133 cm³/mol. The van der Waals surface area contributed by atoms with Gasteiger partial charge in [0.15, 0.2) is 11.5 Å². The number of piperidine rings is 1. The van der Waals surface area contributed by atoms with Gasteiger partial charge in [-0.25, -0.2) is 0 Å². The van der Waals surface area contributed by atoms with Crippen LogP contribution in [-0.4, -0.2) is 55.4 Å². The fourth-order valence-electron chi connectivity index (χ4n) is 4.24. The molecule has 9 nitrogen and oxygen atoms in total. The Bertz CT molecular complexity index is 1160. The molecule has 186 valence electrons. The van der Waals surface area contributed by atoms with E-state index in [2.05, 4.69) is 36.3 Å². The molecule has 0 atom stereocenters. The number of hydrogen-bond acceptors (Lipinski definition) is 8. The molecule has 0 spiro atoms. The first-order valence-corrected chi connectivity index (χ1v) is 12.2. The Kier molecular flexibility index (Phi) is 8.25. The molecule has 1 amide bonds. The minimum absolute atomic E-state index is 0.0382. The van der Waals surface area contributed by atoms with Gasteiger partial charge in [-0.2, -0.15) is 4.98 Å². The van der Waals surface area contributed by atoms with Crippen LogP contribution in [0, 0.1) is 5.92 Å². The van der Waals surface area contributed by atoms with Gasteiger partial charge in [0.05, 0.1) is 27.9 Å². The van der Waals surface area contributed by atoms with Crippen molar-refractivity contribution in [2.75, 3.05) is 34.4 Å². The molecule has 1 N–H and O–H groups in total. The van der Waals surface area contributed by atoms with Crippen molar-refractivity contribution in [3.8, 4) is 28.6 Å². The van der Waals surface area contributed by atoms with E-state index in [1.807, 2.05) is 30.3 Å². The van der Waals surface area contributed by atoms with Crippen molar-refractivity contribution in [1.82, 2.24) is 20.4 Å². The van der Waals surface area contributed by atoms with Crippen molar-refractivity contribution in [3.05, 3.63) is 52.3 Å². The highest BCUT2D eigenvalue weighted by Gasteiger charge is 2.26. The Balaban J connectivity index is 1.28. The molecule has 1 fully saturated rings. The number of nitrogens with one attached hydrogen (secondary N) is 1. The van der Waals surface area contributed by atoms with Gasteiger partial charge < -0.3 is 24.1 Å². The van der Waals surface area contributed by atoms with E-state index in [0.717, 1.165) is 41.5 Å². The molecular formula is C25H29BrN4O5. The van der Waals surface area contributed by atoms with Crippen molar-refractivity contribution < 1.29 is 23.5 Å². The summed E-state index contributed by atoms with van der Waals surface area (Å²) >= 11 is 3.46. The normalized spacial score (nSPS) is 14.5. The van der Waals surface area contributed by atoms with E-state index < -0.39 is 0 Å². The molecule has 1 aliphatic heterocycles.